The Morgan fingerprint density at radius 2 is 1.89 bits per heavy atom. The fourth-order valence-corrected chi connectivity index (χ4v) is 2.84. The van der Waals surface area contributed by atoms with E-state index in [4.69, 9.17) is 0 Å². The molecule has 0 aromatic carbocycles. The predicted molar refractivity (Wildman–Crippen MR) is 85.0 cm³/mol. The van der Waals surface area contributed by atoms with Crippen molar-refractivity contribution in [1.82, 2.24) is 19.4 Å². The van der Waals surface area contributed by atoms with Crippen LogP contribution in [0, 0.1) is 0 Å². The molecule has 0 fully saturated rings. The van der Waals surface area contributed by atoms with Gasteiger partial charge < -0.3 is 10.6 Å². The predicted octanol–water partition coefficient (Wildman–Crippen LogP) is -0.381. The zero-order chi connectivity index (χ0) is 20.1. The van der Waals surface area contributed by atoms with Crippen molar-refractivity contribution < 1.29 is 22.8 Å². The second-order valence-electron chi connectivity index (χ2n) is 5.83. The van der Waals surface area contributed by atoms with Gasteiger partial charge in [0.1, 0.15) is 11.4 Å². The molecule has 2 amide bonds. The number of nitrogens with one attached hydrogen (secondary N) is 2. The summed E-state index contributed by atoms with van der Waals surface area (Å²) in [4.78, 5) is 52.8. The topological polar surface area (TPSA) is 115 Å². The highest BCUT2D eigenvalue weighted by atomic mass is 19.4. The number of carbonyl (C=O) groups is 2. The fraction of sp³-hybridized carbons (Fsp3) is 0.267. The smallest absolute Gasteiger partial charge is 0.326 e. The molecule has 12 heteroatoms. The molecule has 3 heterocycles. The summed E-state index contributed by atoms with van der Waals surface area (Å²) in [7, 11) is 2.06. The van der Waals surface area contributed by atoms with Crippen LogP contribution in [0.25, 0.3) is 0 Å². The van der Waals surface area contributed by atoms with Gasteiger partial charge >= 0.3 is 11.9 Å². The lowest BCUT2D eigenvalue weighted by Crippen LogP contribution is -2.62. The van der Waals surface area contributed by atoms with Crippen LogP contribution < -0.4 is 21.9 Å². The average Bonchev–Trinajstić information content (AvgIpc) is 2.92. The molecule has 2 N–H and O–H groups in total. The number of aromatic nitrogens is 3. The van der Waals surface area contributed by atoms with Crippen LogP contribution in [0.5, 0.6) is 0 Å². The van der Waals surface area contributed by atoms with Crippen LogP contribution in [0.1, 0.15) is 15.9 Å². The maximum atomic E-state index is 14.0. The first-order valence-electron chi connectivity index (χ1n) is 7.43. The Labute approximate surface area is 148 Å². The third-order valence-electron chi connectivity index (χ3n) is 4.26. The Hall–Kier alpha value is -3.44. The molecule has 0 saturated heterocycles. The number of carbonyl (C=O) groups excluding carboxylic acids is 2. The van der Waals surface area contributed by atoms with Crippen molar-refractivity contribution in [3.63, 3.8) is 0 Å². The molecule has 27 heavy (non-hydrogen) atoms. The van der Waals surface area contributed by atoms with E-state index in [0.717, 1.165) is 20.3 Å². The Bertz CT molecular complexity index is 1070. The molecule has 0 unspecified atom stereocenters. The molecule has 0 spiro atoms. The number of pyridine rings is 1. The summed E-state index contributed by atoms with van der Waals surface area (Å²) in [5, 5.41) is 3.51. The van der Waals surface area contributed by atoms with Crippen molar-refractivity contribution in [2.24, 2.45) is 14.1 Å². The zero-order valence-corrected chi connectivity index (χ0v) is 13.9. The number of halogens is 3. The van der Waals surface area contributed by atoms with Gasteiger partial charge in [0.25, 0.3) is 22.9 Å². The van der Waals surface area contributed by atoms with Gasteiger partial charge in [-0.25, -0.2) is 4.79 Å². The van der Waals surface area contributed by atoms with E-state index in [1.54, 1.807) is 5.32 Å². The van der Waals surface area contributed by atoms with Crippen molar-refractivity contribution >= 4 is 17.6 Å². The lowest BCUT2D eigenvalue weighted by molar-refractivity contribution is -0.196. The minimum absolute atomic E-state index is 0.246. The number of nitrogens with zero attached hydrogens (tertiary/aromatic N) is 3. The quantitative estimate of drug-likeness (QED) is 0.734. The molecule has 0 aliphatic carbocycles. The number of fused-ring (bicyclic) bond motifs is 1. The van der Waals surface area contributed by atoms with Crippen LogP contribution in [0.2, 0.25) is 0 Å². The fourth-order valence-electron chi connectivity index (χ4n) is 2.84. The summed E-state index contributed by atoms with van der Waals surface area (Å²) in [6.45, 7) is 0. The summed E-state index contributed by atoms with van der Waals surface area (Å²) in [5.74, 6) is -3.59. The standard InChI is InChI=1S/C15H12F3N5O4/c1-22-9-8(11(25)23(2)13(22)27)14(12(26)20-9,15(16,17)18)21-10(24)7-4-3-5-19-6-7/h3-6H,1-2H3,(H,20,26)(H,21,24)/t14-/m1/s1. The molecule has 0 radical (unpaired) electrons. The first-order valence-corrected chi connectivity index (χ1v) is 7.43. The molecule has 9 nitrogen and oxygen atoms in total. The van der Waals surface area contributed by atoms with Gasteiger partial charge in [-0.15, -0.1) is 0 Å². The molecular weight excluding hydrogens is 371 g/mol. The average molecular weight is 383 g/mol. The SMILES string of the molecule is Cn1c2c(c(=O)n(C)c1=O)[C@](NC(=O)c1cccnc1)(C(F)(F)F)C(=O)N2. The van der Waals surface area contributed by atoms with E-state index in [1.807, 2.05) is 5.32 Å². The Morgan fingerprint density at radius 1 is 1.22 bits per heavy atom. The van der Waals surface area contributed by atoms with Crippen LogP contribution in [0.15, 0.2) is 34.1 Å². The Kier molecular flexibility index (Phi) is 3.94. The highest BCUT2D eigenvalue weighted by Crippen LogP contribution is 2.44. The van der Waals surface area contributed by atoms with Crippen LogP contribution >= 0.6 is 0 Å². The molecule has 2 aromatic heterocycles. The first-order chi connectivity index (χ1) is 12.5. The van der Waals surface area contributed by atoms with E-state index >= 15 is 0 Å². The monoisotopic (exact) mass is 383 g/mol. The van der Waals surface area contributed by atoms with Gasteiger partial charge in [0.15, 0.2) is 0 Å². The highest BCUT2D eigenvalue weighted by Gasteiger charge is 2.68. The lowest BCUT2D eigenvalue weighted by Gasteiger charge is -2.30. The van der Waals surface area contributed by atoms with Crippen LogP contribution in [-0.2, 0) is 24.4 Å². The third-order valence-corrected chi connectivity index (χ3v) is 4.26. The molecular formula is C15H12F3N5O4. The molecule has 1 aliphatic heterocycles. The molecule has 3 rings (SSSR count). The molecule has 2 aromatic rings. The largest absolute Gasteiger partial charge is 0.425 e. The van der Waals surface area contributed by atoms with E-state index in [2.05, 4.69) is 4.98 Å². The number of rotatable bonds is 2. The molecule has 0 saturated carbocycles. The van der Waals surface area contributed by atoms with Crippen LogP contribution in [0.4, 0.5) is 19.0 Å². The minimum atomic E-state index is -5.37. The van der Waals surface area contributed by atoms with Gasteiger partial charge in [0.05, 0.1) is 5.56 Å². The lowest BCUT2D eigenvalue weighted by atomic mass is 9.91. The Morgan fingerprint density at radius 3 is 2.44 bits per heavy atom. The van der Waals surface area contributed by atoms with Crippen LogP contribution in [0.3, 0.4) is 0 Å². The summed E-state index contributed by atoms with van der Waals surface area (Å²) in [6.07, 6.45) is -3.06. The van der Waals surface area contributed by atoms with Gasteiger partial charge in [-0.3, -0.25) is 28.5 Å². The molecule has 0 bridgehead atoms. The first kappa shape index (κ1) is 18.4. The normalized spacial score (nSPS) is 18.8. The van der Waals surface area contributed by atoms with Crippen molar-refractivity contribution in [2.45, 2.75) is 11.7 Å². The number of anilines is 1. The number of hydrogen-bond donors (Lipinski definition) is 2. The zero-order valence-electron chi connectivity index (χ0n) is 13.9. The van der Waals surface area contributed by atoms with Crippen molar-refractivity contribution in [2.75, 3.05) is 5.32 Å². The second-order valence-corrected chi connectivity index (χ2v) is 5.83. The van der Waals surface area contributed by atoms with E-state index in [-0.39, 0.29) is 5.56 Å². The van der Waals surface area contributed by atoms with Gasteiger partial charge in [-0.1, -0.05) is 0 Å². The van der Waals surface area contributed by atoms with Crippen molar-refractivity contribution in [3.8, 4) is 0 Å². The number of alkyl halides is 3. The number of amides is 2. The Balaban J connectivity index is 2.30. The summed E-state index contributed by atoms with van der Waals surface area (Å²) in [6, 6.07) is 2.51. The second kappa shape index (κ2) is 5.79. The summed E-state index contributed by atoms with van der Waals surface area (Å²) >= 11 is 0. The van der Waals surface area contributed by atoms with E-state index in [0.29, 0.717) is 9.13 Å². The van der Waals surface area contributed by atoms with Crippen molar-refractivity contribution in [1.29, 1.82) is 0 Å². The maximum Gasteiger partial charge on any atom is 0.425 e. The van der Waals surface area contributed by atoms with Gasteiger partial charge in [0.2, 0.25) is 0 Å². The van der Waals surface area contributed by atoms with E-state index < -0.39 is 46.2 Å². The van der Waals surface area contributed by atoms with Crippen LogP contribution in [-0.4, -0.2) is 32.1 Å². The maximum absolute atomic E-state index is 14.0. The molecule has 1 atom stereocenters. The minimum Gasteiger partial charge on any atom is -0.326 e. The van der Waals surface area contributed by atoms with E-state index in [9.17, 15) is 32.3 Å². The van der Waals surface area contributed by atoms with Gasteiger partial charge in [-0.2, -0.15) is 13.2 Å². The van der Waals surface area contributed by atoms with Gasteiger partial charge in [0, 0.05) is 26.5 Å². The molecule has 1 aliphatic rings. The van der Waals surface area contributed by atoms with E-state index in [1.165, 1.54) is 18.3 Å². The highest BCUT2D eigenvalue weighted by molar-refractivity contribution is 6.09. The number of hydrogen-bond acceptors (Lipinski definition) is 5. The summed E-state index contributed by atoms with van der Waals surface area (Å²) < 4.78 is 43.2. The summed E-state index contributed by atoms with van der Waals surface area (Å²) in [5.41, 5.74) is -7.27. The molecule has 142 valence electrons. The van der Waals surface area contributed by atoms with Crippen molar-refractivity contribution in [3.05, 3.63) is 56.5 Å². The third kappa shape index (κ3) is 2.44. The van der Waals surface area contributed by atoms with Gasteiger partial charge in [-0.05, 0) is 12.1 Å².